The summed E-state index contributed by atoms with van der Waals surface area (Å²) in [6, 6.07) is 4.03. The van der Waals surface area contributed by atoms with Crippen LogP contribution in [0.5, 0.6) is 11.8 Å². The van der Waals surface area contributed by atoms with Gasteiger partial charge in [-0.05, 0) is 30.5 Å². The van der Waals surface area contributed by atoms with E-state index >= 15 is 0 Å². The zero-order valence-corrected chi connectivity index (χ0v) is 10.3. The molecule has 2 aromatic rings. The third-order valence-electron chi connectivity index (χ3n) is 2.55. The van der Waals surface area contributed by atoms with Crippen molar-refractivity contribution in [1.82, 2.24) is 9.97 Å². The highest BCUT2D eigenvalue weighted by atomic mass is 19.1. The van der Waals surface area contributed by atoms with E-state index in [0.717, 1.165) is 29.1 Å². The number of hydrogen-bond donors (Lipinski definition) is 1. The van der Waals surface area contributed by atoms with Crippen molar-refractivity contribution in [3.05, 3.63) is 47.0 Å². The highest BCUT2D eigenvalue weighted by molar-refractivity contribution is 5.44. The van der Waals surface area contributed by atoms with Crippen LogP contribution in [0.2, 0.25) is 0 Å². The summed E-state index contributed by atoms with van der Waals surface area (Å²) in [5.74, 6) is 0.188. The van der Waals surface area contributed by atoms with Gasteiger partial charge in [0, 0.05) is 6.54 Å². The molecule has 0 fully saturated rings. The summed E-state index contributed by atoms with van der Waals surface area (Å²) in [7, 11) is 0. The Bertz CT molecular complexity index is 532. The summed E-state index contributed by atoms with van der Waals surface area (Å²) in [4.78, 5) is 7.53. The second-order valence-corrected chi connectivity index (χ2v) is 4.05. The molecule has 0 radical (unpaired) electrons. The zero-order chi connectivity index (χ0) is 13.1. The molecule has 0 aliphatic rings. The van der Waals surface area contributed by atoms with Crippen molar-refractivity contribution in [3.63, 3.8) is 0 Å². The number of aryl methyl sites for hydroxylation is 2. The molecular weight excluding hydrogens is 233 g/mol. The van der Waals surface area contributed by atoms with E-state index in [1.54, 1.807) is 0 Å². The van der Waals surface area contributed by atoms with Crippen LogP contribution in [0.1, 0.15) is 16.7 Å². The topological polar surface area (TPSA) is 61.0 Å². The largest absolute Gasteiger partial charge is 0.424 e. The fraction of sp³-hybridized carbons (Fsp3) is 0.231. The smallest absolute Gasteiger partial charge is 0.322 e. The van der Waals surface area contributed by atoms with Gasteiger partial charge in [0.05, 0.1) is 12.4 Å². The van der Waals surface area contributed by atoms with Crippen LogP contribution in [0.25, 0.3) is 0 Å². The van der Waals surface area contributed by atoms with Gasteiger partial charge in [-0.25, -0.2) is 14.4 Å². The second-order valence-electron chi connectivity index (χ2n) is 4.05. The number of hydrogen-bond acceptors (Lipinski definition) is 4. The van der Waals surface area contributed by atoms with Gasteiger partial charge in [-0.1, -0.05) is 12.1 Å². The van der Waals surface area contributed by atoms with Gasteiger partial charge in [-0.15, -0.1) is 0 Å². The summed E-state index contributed by atoms with van der Waals surface area (Å²) in [5, 5.41) is 0. The van der Waals surface area contributed by atoms with Crippen molar-refractivity contribution in [2.45, 2.75) is 20.4 Å². The monoisotopic (exact) mass is 247 g/mol. The van der Waals surface area contributed by atoms with E-state index in [1.165, 1.54) is 0 Å². The molecule has 1 aromatic heterocycles. The van der Waals surface area contributed by atoms with Crippen molar-refractivity contribution < 1.29 is 9.13 Å². The molecule has 0 aliphatic carbocycles. The Morgan fingerprint density at radius 3 is 2.22 bits per heavy atom. The van der Waals surface area contributed by atoms with Crippen LogP contribution in [-0.2, 0) is 6.54 Å². The van der Waals surface area contributed by atoms with Crippen LogP contribution in [-0.4, -0.2) is 9.97 Å². The lowest BCUT2D eigenvalue weighted by atomic mass is 10.1. The third-order valence-corrected chi connectivity index (χ3v) is 2.55. The Morgan fingerprint density at radius 2 is 1.72 bits per heavy atom. The first kappa shape index (κ1) is 12.4. The minimum atomic E-state index is -0.491. The number of aromatic nitrogens is 2. The SMILES string of the molecule is Cc1cc(CN)cc(C)c1Oc1ncc(F)cn1. The van der Waals surface area contributed by atoms with Gasteiger partial charge < -0.3 is 10.5 Å². The molecule has 4 nitrogen and oxygen atoms in total. The highest BCUT2D eigenvalue weighted by Crippen LogP contribution is 2.27. The average Bonchev–Trinajstić information content (AvgIpc) is 2.35. The summed E-state index contributed by atoms with van der Waals surface area (Å²) in [5.41, 5.74) is 8.53. The third kappa shape index (κ3) is 2.62. The van der Waals surface area contributed by atoms with Crippen molar-refractivity contribution in [2.24, 2.45) is 5.73 Å². The van der Waals surface area contributed by atoms with Crippen molar-refractivity contribution in [3.8, 4) is 11.8 Å². The molecule has 5 heteroatoms. The first-order valence-corrected chi connectivity index (χ1v) is 5.55. The van der Waals surface area contributed by atoms with Crippen molar-refractivity contribution in [1.29, 1.82) is 0 Å². The van der Waals surface area contributed by atoms with E-state index in [-0.39, 0.29) is 6.01 Å². The van der Waals surface area contributed by atoms with Crippen LogP contribution in [0.15, 0.2) is 24.5 Å². The van der Waals surface area contributed by atoms with Gasteiger partial charge >= 0.3 is 6.01 Å². The Hall–Kier alpha value is -2.01. The molecule has 94 valence electrons. The summed E-state index contributed by atoms with van der Waals surface area (Å²) < 4.78 is 18.3. The quantitative estimate of drug-likeness (QED) is 0.905. The van der Waals surface area contributed by atoms with E-state index in [1.807, 2.05) is 26.0 Å². The molecule has 0 atom stereocenters. The minimum absolute atomic E-state index is 0.128. The van der Waals surface area contributed by atoms with Crippen LogP contribution < -0.4 is 10.5 Å². The predicted molar refractivity (Wildman–Crippen MR) is 65.9 cm³/mol. The van der Waals surface area contributed by atoms with Gasteiger partial charge in [-0.2, -0.15) is 0 Å². The zero-order valence-electron chi connectivity index (χ0n) is 10.3. The lowest BCUT2D eigenvalue weighted by molar-refractivity contribution is 0.430. The number of nitrogens with two attached hydrogens (primary N) is 1. The maximum absolute atomic E-state index is 12.7. The van der Waals surface area contributed by atoms with Gasteiger partial charge in [0.15, 0.2) is 5.82 Å². The molecule has 2 rings (SSSR count). The maximum atomic E-state index is 12.7. The molecule has 0 aliphatic heterocycles. The Balaban J connectivity index is 2.31. The van der Waals surface area contributed by atoms with E-state index in [9.17, 15) is 4.39 Å². The van der Waals surface area contributed by atoms with Crippen molar-refractivity contribution in [2.75, 3.05) is 0 Å². The molecule has 0 amide bonds. The van der Waals surface area contributed by atoms with E-state index in [0.29, 0.717) is 12.3 Å². The predicted octanol–water partition coefficient (Wildman–Crippen LogP) is 2.48. The normalized spacial score (nSPS) is 10.4. The highest BCUT2D eigenvalue weighted by Gasteiger charge is 2.09. The fourth-order valence-corrected chi connectivity index (χ4v) is 1.76. The van der Waals surface area contributed by atoms with Gasteiger partial charge in [0.2, 0.25) is 0 Å². The van der Waals surface area contributed by atoms with Gasteiger partial charge in [-0.3, -0.25) is 0 Å². The molecule has 0 saturated heterocycles. The summed E-state index contributed by atoms with van der Waals surface area (Å²) in [6.45, 7) is 4.32. The van der Waals surface area contributed by atoms with Crippen LogP contribution >= 0.6 is 0 Å². The summed E-state index contributed by atoms with van der Waals surface area (Å²) in [6.07, 6.45) is 2.14. The molecule has 1 aromatic carbocycles. The minimum Gasteiger partial charge on any atom is -0.424 e. The summed E-state index contributed by atoms with van der Waals surface area (Å²) >= 11 is 0. The van der Waals surface area contributed by atoms with E-state index in [4.69, 9.17) is 10.5 Å². The number of rotatable bonds is 3. The Morgan fingerprint density at radius 1 is 1.17 bits per heavy atom. The number of ether oxygens (including phenoxy) is 1. The first-order valence-electron chi connectivity index (χ1n) is 5.55. The van der Waals surface area contributed by atoms with E-state index < -0.39 is 5.82 Å². The lowest BCUT2D eigenvalue weighted by Gasteiger charge is -2.11. The van der Waals surface area contributed by atoms with Crippen molar-refractivity contribution >= 4 is 0 Å². The fourth-order valence-electron chi connectivity index (χ4n) is 1.76. The van der Waals surface area contributed by atoms with E-state index in [2.05, 4.69) is 9.97 Å². The second kappa shape index (κ2) is 5.10. The van der Waals surface area contributed by atoms with Gasteiger partial charge in [0.1, 0.15) is 5.75 Å². The lowest BCUT2D eigenvalue weighted by Crippen LogP contribution is -2.00. The molecule has 2 N–H and O–H groups in total. The molecule has 18 heavy (non-hydrogen) atoms. The molecule has 0 spiro atoms. The molecular formula is C13H14FN3O. The molecule has 1 heterocycles. The Kier molecular flexibility index (Phi) is 3.53. The Labute approximate surface area is 105 Å². The molecule has 0 saturated carbocycles. The number of halogens is 1. The standard InChI is InChI=1S/C13H14FN3O/c1-8-3-10(5-15)4-9(2)12(8)18-13-16-6-11(14)7-17-13/h3-4,6-7H,5,15H2,1-2H3. The first-order chi connectivity index (χ1) is 8.60. The molecule has 0 unspecified atom stereocenters. The number of nitrogens with zero attached hydrogens (tertiary/aromatic N) is 2. The van der Waals surface area contributed by atoms with Crippen LogP contribution in [0.4, 0.5) is 4.39 Å². The van der Waals surface area contributed by atoms with Crippen LogP contribution in [0.3, 0.4) is 0 Å². The maximum Gasteiger partial charge on any atom is 0.322 e. The van der Waals surface area contributed by atoms with Gasteiger partial charge in [0.25, 0.3) is 0 Å². The molecule has 0 bridgehead atoms. The average molecular weight is 247 g/mol. The number of benzene rings is 1. The van der Waals surface area contributed by atoms with Crippen LogP contribution in [0, 0.1) is 19.7 Å².